The van der Waals surface area contributed by atoms with Crippen LogP contribution in [0.25, 0.3) is 5.69 Å². The van der Waals surface area contributed by atoms with Gasteiger partial charge in [-0.3, -0.25) is 9.36 Å². The summed E-state index contributed by atoms with van der Waals surface area (Å²) in [7, 11) is 3.69. The number of benzene rings is 1. The van der Waals surface area contributed by atoms with Crippen LogP contribution >= 0.6 is 22.9 Å². The number of aromatic nitrogens is 2. The summed E-state index contributed by atoms with van der Waals surface area (Å²) in [6, 6.07) is 11.7. The molecule has 26 heavy (non-hydrogen) atoms. The Labute approximate surface area is 160 Å². The molecule has 1 N–H and O–H groups in total. The quantitative estimate of drug-likeness (QED) is 0.536. The first-order valence-corrected chi connectivity index (χ1v) is 9.12. The molecule has 0 saturated heterocycles. The molecule has 0 unspecified atom stereocenters. The van der Waals surface area contributed by atoms with E-state index in [2.05, 4.69) is 15.5 Å². The molecule has 1 amide bonds. The molecule has 3 aromatic rings. The Morgan fingerprint density at radius 3 is 2.65 bits per heavy atom. The van der Waals surface area contributed by atoms with Gasteiger partial charge in [0, 0.05) is 19.0 Å². The van der Waals surface area contributed by atoms with Crippen LogP contribution in [0.1, 0.15) is 20.9 Å². The molecule has 0 aliphatic heterocycles. The van der Waals surface area contributed by atoms with Gasteiger partial charge < -0.3 is 4.90 Å². The molecule has 0 fully saturated rings. The van der Waals surface area contributed by atoms with Crippen molar-refractivity contribution in [2.75, 3.05) is 19.0 Å². The van der Waals surface area contributed by atoms with Crippen LogP contribution in [0.4, 0.5) is 5.95 Å². The van der Waals surface area contributed by atoms with Gasteiger partial charge in [0.2, 0.25) is 5.95 Å². The SMILES string of the molecule is Cc1ccc(-n2c(N(C)C)nc(C(=O)N/N=C/c3cccs3)c2Cl)cc1. The topological polar surface area (TPSA) is 62.5 Å². The summed E-state index contributed by atoms with van der Waals surface area (Å²) in [6.07, 6.45) is 1.58. The standard InChI is InChI=1S/C18H18ClN5OS/c1-12-6-8-13(9-7-12)24-16(19)15(21-18(24)23(2)3)17(25)22-20-11-14-5-4-10-26-14/h4-11H,1-3H3,(H,22,25)/b20-11+. The van der Waals surface area contributed by atoms with Crippen molar-refractivity contribution in [2.24, 2.45) is 5.10 Å². The van der Waals surface area contributed by atoms with Crippen LogP contribution in [0.2, 0.25) is 5.15 Å². The Morgan fingerprint density at radius 1 is 1.31 bits per heavy atom. The summed E-state index contributed by atoms with van der Waals surface area (Å²) < 4.78 is 1.74. The molecule has 0 spiro atoms. The maximum Gasteiger partial charge on any atom is 0.293 e. The van der Waals surface area contributed by atoms with Crippen LogP contribution in [-0.4, -0.2) is 35.8 Å². The Bertz CT molecular complexity index is 929. The van der Waals surface area contributed by atoms with Gasteiger partial charge in [-0.1, -0.05) is 35.4 Å². The van der Waals surface area contributed by atoms with E-state index < -0.39 is 5.91 Å². The highest BCUT2D eigenvalue weighted by atomic mass is 35.5. The minimum absolute atomic E-state index is 0.124. The van der Waals surface area contributed by atoms with E-state index in [4.69, 9.17) is 11.6 Å². The number of anilines is 1. The van der Waals surface area contributed by atoms with Crippen LogP contribution in [-0.2, 0) is 0 Å². The monoisotopic (exact) mass is 387 g/mol. The van der Waals surface area contributed by atoms with Gasteiger partial charge in [0.05, 0.1) is 11.9 Å². The Balaban J connectivity index is 1.91. The highest BCUT2D eigenvalue weighted by Crippen LogP contribution is 2.28. The number of nitrogens with one attached hydrogen (secondary N) is 1. The lowest BCUT2D eigenvalue weighted by Gasteiger charge is -2.15. The largest absolute Gasteiger partial charge is 0.348 e. The number of imidazole rings is 1. The number of hydrazone groups is 1. The van der Waals surface area contributed by atoms with Crippen molar-refractivity contribution < 1.29 is 4.79 Å². The molecule has 1 aromatic carbocycles. The van der Waals surface area contributed by atoms with Gasteiger partial charge in [-0.15, -0.1) is 11.3 Å². The summed E-state index contributed by atoms with van der Waals surface area (Å²) in [5.41, 5.74) is 4.57. The molecule has 6 nitrogen and oxygen atoms in total. The molecule has 2 aromatic heterocycles. The van der Waals surface area contributed by atoms with E-state index in [1.165, 1.54) is 11.3 Å². The van der Waals surface area contributed by atoms with E-state index in [0.717, 1.165) is 16.1 Å². The first-order chi connectivity index (χ1) is 12.5. The highest BCUT2D eigenvalue weighted by Gasteiger charge is 2.23. The average Bonchev–Trinajstić information content (AvgIpc) is 3.23. The predicted octanol–water partition coefficient (Wildman–Crippen LogP) is 3.73. The van der Waals surface area contributed by atoms with E-state index >= 15 is 0 Å². The van der Waals surface area contributed by atoms with Crippen LogP contribution in [0.15, 0.2) is 46.9 Å². The number of halogens is 1. The summed E-state index contributed by atoms with van der Waals surface area (Å²) >= 11 is 8.01. The third-order valence-electron chi connectivity index (χ3n) is 3.61. The van der Waals surface area contributed by atoms with E-state index in [9.17, 15) is 4.79 Å². The zero-order chi connectivity index (χ0) is 18.7. The molecule has 0 atom stereocenters. The average molecular weight is 388 g/mol. The van der Waals surface area contributed by atoms with Gasteiger partial charge in [-0.25, -0.2) is 10.4 Å². The van der Waals surface area contributed by atoms with Crippen molar-refractivity contribution in [1.82, 2.24) is 15.0 Å². The van der Waals surface area contributed by atoms with Gasteiger partial charge in [0.1, 0.15) is 5.15 Å². The molecule has 0 aliphatic carbocycles. The number of nitrogens with zero attached hydrogens (tertiary/aromatic N) is 4. The second-order valence-corrected chi connectivity index (χ2v) is 7.17. The van der Waals surface area contributed by atoms with Gasteiger partial charge >= 0.3 is 0 Å². The molecule has 0 bridgehead atoms. The number of carbonyl (C=O) groups is 1. The molecule has 0 aliphatic rings. The second kappa shape index (κ2) is 7.72. The van der Waals surface area contributed by atoms with Crippen molar-refractivity contribution in [3.8, 4) is 5.69 Å². The molecule has 134 valence electrons. The van der Waals surface area contributed by atoms with E-state index in [-0.39, 0.29) is 10.8 Å². The zero-order valence-electron chi connectivity index (χ0n) is 14.6. The maximum absolute atomic E-state index is 12.5. The third kappa shape index (κ3) is 3.79. The molecule has 0 radical (unpaired) electrons. The van der Waals surface area contributed by atoms with Gasteiger partial charge in [0.15, 0.2) is 5.69 Å². The maximum atomic E-state index is 12.5. The molecular weight excluding hydrogens is 370 g/mol. The van der Waals surface area contributed by atoms with E-state index in [0.29, 0.717) is 5.95 Å². The third-order valence-corrected chi connectivity index (χ3v) is 4.77. The predicted molar refractivity (Wildman–Crippen MR) is 107 cm³/mol. The number of hydrogen-bond acceptors (Lipinski definition) is 5. The van der Waals surface area contributed by atoms with Gasteiger partial charge in [0.25, 0.3) is 5.91 Å². The molecule has 0 saturated carbocycles. The number of aryl methyl sites for hydroxylation is 1. The Kier molecular flexibility index (Phi) is 5.39. The van der Waals surface area contributed by atoms with Gasteiger partial charge in [-0.05, 0) is 30.5 Å². The summed E-state index contributed by atoms with van der Waals surface area (Å²) in [5.74, 6) is 0.100. The molecule has 2 heterocycles. The number of amides is 1. The van der Waals surface area contributed by atoms with Crippen LogP contribution in [0, 0.1) is 6.92 Å². The Hall–Kier alpha value is -2.64. The van der Waals surface area contributed by atoms with Crippen molar-refractivity contribution in [3.63, 3.8) is 0 Å². The molecule has 8 heteroatoms. The smallest absolute Gasteiger partial charge is 0.293 e. The summed E-state index contributed by atoms with van der Waals surface area (Å²) in [6.45, 7) is 2.01. The van der Waals surface area contributed by atoms with Crippen molar-refractivity contribution in [2.45, 2.75) is 6.92 Å². The number of thiophene rings is 1. The summed E-state index contributed by atoms with van der Waals surface area (Å²) in [4.78, 5) is 19.6. The highest BCUT2D eigenvalue weighted by molar-refractivity contribution is 7.11. The lowest BCUT2D eigenvalue weighted by Crippen LogP contribution is -2.18. The van der Waals surface area contributed by atoms with E-state index in [1.807, 2.05) is 62.8 Å². The molecular formula is C18H18ClN5OS. The number of rotatable bonds is 5. The van der Waals surface area contributed by atoms with Crippen molar-refractivity contribution >= 4 is 41.0 Å². The number of carbonyl (C=O) groups excluding carboxylic acids is 1. The molecule has 3 rings (SSSR count). The Morgan fingerprint density at radius 2 is 2.04 bits per heavy atom. The first kappa shape index (κ1) is 18.2. The van der Waals surface area contributed by atoms with Crippen LogP contribution in [0.5, 0.6) is 0 Å². The minimum atomic E-state index is -0.461. The normalized spacial score (nSPS) is 11.1. The van der Waals surface area contributed by atoms with Crippen molar-refractivity contribution in [3.05, 3.63) is 63.1 Å². The fraction of sp³-hybridized carbons (Fsp3) is 0.167. The lowest BCUT2D eigenvalue weighted by atomic mass is 10.2. The van der Waals surface area contributed by atoms with E-state index in [1.54, 1.807) is 15.7 Å². The number of hydrogen-bond donors (Lipinski definition) is 1. The van der Waals surface area contributed by atoms with Gasteiger partial charge in [-0.2, -0.15) is 5.10 Å². The summed E-state index contributed by atoms with van der Waals surface area (Å²) in [5, 5.41) is 6.14. The minimum Gasteiger partial charge on any atom is -0.348 e. The first-order valence-electron chi connectivity index (χ1n) is 7.87. The second-order valence-electron chi connectivity index (χ2n) is 5.83. The van der Waals surface area contributed by atoms with Crippen molar-refractivity contribution in [1.29, 1.82) is 0 Å². The fourth-order valence-electron chi connectivity index (χ4n) is 2.33. The fourth-order valence-corrected chi connectivity index (χ4v) is 3.22. The van der Waals surface area contributed by atoms with Crippen LogP contribution in [0.3, 0.4) is 0 Å². The zero-order valence-corrected chi connectivity index (χ0v) is 16.2. The lowest BCUT2D eigenvalue weighted by molar-refractivity contribution is 0.0951. The van der Waals surface area contributed by atoms with Crippen LogP contribution < -0.4 is 10.3 Å².